The number of rotatable bonds is 3. The van der Waals surface area contributed by atoms with Gasteiger partial charge in [-0.1, -0.05) is 35.2 Å². The fourth-order valence-electron chi connectivity index (χ4n) is 2.51. The molecule has 1 saturated carbocycles. The molecule has 21 heavy (non-hydrogen) atoms. The summed E-state index contributed by atoms with van der Waals surface area (Å²) in [4.78, 5) is 23.6. The number of amides is 2. The van der Waals surface area contributed by atoms with Gasteiger partial charge in [0.15, 0.2) is 0 Å². The smallest absolute Gasteiger partial charge is 0.329 e. The quantitative estimate of drug-likeness (QED) is 0.689. The van der Waals surface area contributed by atoms with Crippen molar-refractivity contribution in [3.8, 4) is 0 Å². The molecule has 2 rings (SSSR count). The molecule has 1 aromatic carbocycles. The van der Waals surface area contributed by atoms with Crippen molar-refractivity contribution in [2.45, 2.75) is 37.6 Å². The highest BCUT2D eigenvalue weighted by Gasteiger charge is 2.41. The van der Waals surface area contributed by atoms with Crippen LogP contribution < -0.4 is 10.6 Å². The number of aliphatic carboxylic acids is 1. The summed E-state index contributed by atoms with van der Waals surface area (Å²) in [6.07, 6.45) is 3.58. The van der Waals surface area contributed by atoms with Gasteiger partial charge in [0.25, 0.3) is 0 Å². The van der Waals surface area contributed by atoms with Crippen molar-refractivity contribution in [3.63, 3.8) is 0 Å². The average molecular weight is 420 g/mol. The van der Waals surface area contributed by atoms with Gasteiger partial charge < -0.3 is 15.7 Å². The van der Waals surface area contributed by atoms with Crippen LogP contribution in [0.25, 0.3) is 0 Å². The van der Waals surface area contributed by atoms with Gasteiger partial charge in [0, 0.05) is 8.95 Å². The van der Waals surface area contributed by atoms with E-state index in [9.17, 15) is 14.7 Å². The molecule has 1 aliphatic rings. The lowest BCUT2D eigenvalue weighted by Gasteiger charge is -2.33. The Hall–Kier alpha value is -1.08. The third-order valence-corrected chi connectivity index (χ3v) is 4.80. The second kappa shape index (κ2) is 6.79. The highest BCUT2D eigenvalue weighted by Crippen LogP contribution is 2.29. The first kappa shape index (κ1) is 16.3. The van der Waals surface area contributed by atoms with E-state index in [0.29, 0.717) is 18.5 Å². The predicted molar refractivity (Wildman–Crippen MR) is 87.4 cm³/mol. The van der Waals surface area contributed by atoms with E-state index in [1.807, 2.05) is 6.07 Å². The summed E-state index contributed by atoms with van der Waals surface area (Å²) in [5, 5.41) is 14.8. The third kappa shape index (κ3) is 3.97. The van der Waals surface area contributed by atoms with Crippen molar-refractivity contribution >= 4 is 49.5 Å². The van der Waals surface area contributed by atoms with E-state index < -0.39 is 17.5 Å². The summed E-state index contributed by atoms with van der Waals surface area (Å²) in [5.74, 6) is -0.966. The van der Waals surface area contributed by atoms with E-state index in [1.54, 1.807) is 12.1 Å². The molecule has 7 heteroatoms. The van der Waals surface area contributed by atoms with E-state index >= 15 is 0 Å². The Labute approximate surface area is 139 Å². The van der Waals surface area contributed by atoms with Gasteiger partial charge in [-0.3, -0.25) is 0 Å². The number of urea groups is 1. The minimum Gasteiger partial charge on any atom is -0.480 e. The number of nitrogens with one attached hydrogen (secondary N) is 2. The summed E-state index contributed by atoms with van der Waals surface area (Å²) in [5.41, 5.74) is -0.559. The standard InChI is InChI=1S/C14H16Br2N2O3/c15-9-4-5-11(10(16)8-9)17-13(21)18-14(12(19)20)6-2-1-3-7-14/h4-5,8H,1-3,6-7H2,(H,19,20)(H2,17,18,21). The van der Waals surface area contributed by atoms with E-state index in [0.717, 1.165) is 28.2 Å². The number of carboxylic acid groups (broad SMARTS) is 1. The molecular weight excluding hydrogens is 404 g/mol. The third-order valence-electron chi connectivity index (χ3n) is 3.65. The second-order valence-electron chi connectivity index (χ2n) is 5.15. The topological polar surface area (TPSA) is 78.4 Å². The van der Waals surface area contributed by atoms with E-state index in [-0.39, 0.29) is 0 Å². The molecule has 2 amide bonds. The van der Waals surface area contributed by atoms with Crippen LogP contribution >= 0.6 is 31.9 Å². The van der Waals surface area contributed by atoms with Gasteiger partial charge in [0.1, 0.15) is 5.54 Å². The largest absolute Gasteiger partial charge is 0.480 e. The van der Waals surface area contributed by atoms with Gasteiger partial charge in [-0.05, 0) is 47.0 Å². The number of carbonyl (C=O) groups is 2. The van der Waals surface area contributed by atoms with Crippen molar-refractivity contribution in [3.05, 3.63) is 27.1 Å². The van der Waals surface area contributed by atoms with Crippen LogP contribution in [0.3, 0.4) is 0 Å². The first-order valence-corrected chi connectivity index (χ1v) is 8.29. The average Bonchev–Trinajstić information content (AvgIpc) is 2.43. The molecule has 0 aliphatic heterocycles. The van der Waals surface area contributed by atoms with Crippen molar-refractivity contribution in [1.82, 2.24) is 5.32 Å². The molecule has 0 aromatic heterocycles. The van der Waals surface area contributed by atoms with Crippen LogP contribution in [0, 0.1) is 0 Å². The number of hydrogen-bond acceptors (Lipinski definition) is 2. The zero-order valence-corrected chi connectivity index (χ0v) is 14.5. The van der Waals surface area contributed by atoms with Crippen LogP contribution in [-0.2, 0) is 4.79 Å². The van der Waals surface area contributed by atoms with Crippen LogP contribution in [0.2, 0.25) is 0 Å². The molecule has 1 aromatic rings. The van der Waals surface area contributed by atoms with Crippen molar-refractivity contribution < 1.29 is 14.7 Å². The molecule has 0 unspecified atom stereocenters. The maximum absolute atomic E-state index is 12.1. The van der Waals surface area contributed by atoms with Gasteiger partial charge in [-0.2, -0.15) is 0 Å². The number of anilines is 1. The molecule has 0 radical (unpaired) electrons. The fourth-order valence-corrected chi connectivity index (χ4v) is 3.66. The molecular formula is C14H16Br2N2O3. The molecule has 114 valence electrons. The fraction of sp³-hybridized carbons (Fsp3) is 0.429. The lowest BCUT2D eigenvalue weighted by molar-refractivity contribution is -0.145. The summed E-state index contributed by atoms with van der Waals surface area (Å²) in [6.45, 7) is 0. The monoisotopic (exact) mass is 418 g/mol. The number of halogens is 2. The zero-order valence-electron chi connectivity index (χ0n) is 11.3. The first-order chi connectivity index (χ1) is 9.93. The Kier molecular flexibility index (Phi) is 5.27. The van der Waals surface area contributed by atoms with Crippen LogP contribution in [-0.4, -0.2) is 22.6 Å². The highest BCUT2D eigenvalue weighted by atomic mass is 79.9. The summed E-state index contributed by atoms with van der Waals surface area (Å²) in [7, 11) is 0. The van der Waals surface area contributed by atoms with E-state index in [1.165, 1.54) is 0 Å². The Bertz CT molecular complexity index is 557. The molecule has 1 aliphatic carbocycles. The van der Waals surface area contributed by atoms with Crippen LogP contribution in [0.15, 0.2) is 27.1 Å². The number of carbonyl (C=O) groups excluding carboxylic acids is 1. The maximum atomic E-state index is 12.1. The first-order valence-electron chi connectivity index (χ1n) is 6.70. The molecule has 0 heterocycles. The number of carboxylic acids is 1. The molecule has 5 nitrogen and oxygen atoms in total. The Morgan fingerprint density at radius 2 is 1.81 bits per heavy atom. The minimum atomic E-state index is -1.15. The predicted octanol–water partition coefficient (Wildman–Crippen LogP) is 4.12. The molecule has 0 bridgehead atoms. The maximum Gasteiger partial charge on any atom is 0.329 e. The van der Waals surface area contributed by atoms with Gasteiger partial charge >= 0.3 is 12.0 Å². The molecule has 0 spiro atoms. The lowest BCUT2D eigenvalue weighted by atomic mass is 9.82. The molecule has 3 N–H and O–H groups in total. The van der Waals surface area contributed by atoms with Crippen LogP contribution in [0.5, 0.6) is 0 Å². The van der Waals surface area contributed by atoms with Gasteiger partial charge in [0.2, 0.25) is 0 Å². The minimum absolute atomic E-state index is 0.470. The van der Waals surface area contributed by atoms with E-state index in [2.05, 4.69) is 42.5 Å². The normalized spacial score (nSPS) is 17.0. The summed E-state index contributed by atoms with van der Waals surface area (Å²) >= 11 is 6.69. The van der Waals surface area contributed by atoms with Crippen LogP contribution in [0.1, 0.15) is 32.1 Å². The summed E-state index contributed by atoms with van der Waals surface area (Å²) < 4.78 is 1.61. The molecule has 1 fully saturated rings. The second-order valence-corrected chi connectivity index (χ2v) is 6.92. The van der Waals surface area contributed by atoms with Crippen molar-refractivity contribution in [2.24, 2.45) is 0 Å². The van der Waals surface area contributed by atoms with Gasteiger partial charge in [0.05, 0.1) is 5.69 Å². The van der Waals surface area contributed by atoms with Gasteiger partial charge in [-0.15, -0.1) is 0 Å². The zero-order chi connectivity index (χ0) is 15.5. The highest BCUT2D eigenvalue weighted by molar-refractivity contribution is 9.11. The SMILES string of the molecule is O=C(Nc1ccc(Br)cc1Br)NC1(C(=O)O)CCCCC1. The van der Waals surface area contributed by atoms with E-state index in [4.69, 9.17) is 0 Å². The van der Waals surface area contributed by atoms with Crippen molar-refractivity contribution in [1.29, 1.82) is 0 Å². The Morgan fingerprint density at radius 3 is 2.38 bits per heavy atom. The Balaban J connectivity index is 2.07. The van der Waals surface area contributed by atoms with Gasteiger partial charge in [-0.25, -0.2) is 9.59 Å². The summed E-state index contributed by atoms with van der Waals surface area (Å²) in [6, 6.07) is 4.85. The number of benzene rings is 1. The molecule has 0 saturated heterocycles. The Morgan fingerprint density at radius 1 is 1.14 bits per heavy atom. The molecule has 0 atom stereocenters. The number of hydrogen-bond donors (Lipinski definition) is 3. The van der Waals surface area contributed by atoms with Crippen LogP contribution in [0.4, 0.5) is 10.5 Å². The lowest BCUT2D eigenvalue weighted by Crippen LogP contribution is -2.56. The van der Waals surface area contributed by atoms with Crippen molar-refractivity contribution in [2.75, 3.05) is 5.32 Å².